The van der Waals surface area contributed by atoms with Crippen molar-refractivity contribution in [3.05, 3.63) is 65.2 Å². The van der Waals surface area contributed by atoms with Crippen molar-refractivity contribution in [2.45, 2.75) is 245 Å². The molecule has 3 rings (SSSR count). The van der Waals surface area contributed by atoms with Crippen LogP contribution in [0.1, 0.15) is 249 Å². The van der Waals surface area contributed by atoms with E-state index in [0.29, 0.717) is 25.1 Å². The minimum Gasteiger partial charge on any atom is -0.756 e. The van der Waals surface area contributed by atoms with Gasteiger partial charge in [-0.25, -0.2) is 4.79 Å². The van der Waals surface area contributed by atoms with Crippen LogP contribution in [-0.4, -0.2) is 88.7 Å². The van der Waals surface area contributed by atoms with Gasteiger partial charge < -0.3 is 54.6 Å². The first-order valence-electron chi connectivity index (χ1n) is 31.7. The molecule has 0 aliphatic carbocycles. The second-order valence-electron chi connectivity index (χ2n) is 21.7. The Kier molecular flexibility index (Phi) is 44.2. The minimum absolute atomic E-state index is 0. The van der Waals surface area contributed by atoms with Gasteiger partial charge in [-0.15, -0.1) is 0 Å². The number of para-hydroxylation sites is 1. The lowest BCUT2D eigenvalue weighted by molar-refractivity contribution is -0.228. The standard InChI is InChI=1S/C65H104N3O13P.H3N/c1-3-5-7-9-11-13-15-17-19-21-23-25-27-29-31-41-63(71)78-54-59(81-64(72)42-32-30-28-26-24-22-20-18-16-14-12-10-8-6-4-2)55-80-82(74,75)79-50-48-67-65(73)77-52-51-76-49-47-66-61(69)45-46-62(70)68-53-58-39-34-33-37-56(58)43-44-57-38-35-36-40-60(57)68;/h33-40,59H,3-32,41-42,45-55H2,1-2H3,(H,66,69)(H,67,73)(H,74,75);1H3/t59-;/m1./s1. The number of unbranched alkanes of at least 4 members (excludes halogenated alkanes) is 28. The first-order valence-corrected chi connectivity index (χ1v) is 33.2. The van der Waals surface area contributed by atoms with Gasteiger partial charge in [0, 0.05) is 49.9 Å². The molecule has 1 aliphatic rings. The fourth-order valence-electron chi connectivity index (χ4n) is 9.68. The monoisotopic (exact) mass is 1180 g/mol. The van der Waals surface area contributed by atoms with Crippen LogP contribution in [0.15, 0.2) is 48.5 Å². The number of alkyl carbamates (subject to hydrolysis) is 1. The van der Waals surface area contributed by atoms with Gasteiger partial charge in [-0.3, -0.25) is 23.7 Å². The number of nitrogens with one attached hydrogen (secondary N) is 2. The molecule has 1 unspecified atom stereocenters. The molecule has 83 heavy (non-hydrogen) atoms. The van der Waals surface area contributed by atoms with Crippen molar-refractivity contribution in [1.29, 1.82) is 0 Å². The van der Waals surface area contributed by atoms with E-state index in [4.69, 9.17) is 28.0 Å². The second-order valence-corrected chi connectivity index (χ2v) is 23.1. The van der Waals surface area contributed by atoms with Crippen LogP contribution in [0.25, 0.3) is 0 Å². The van der Waals surface area contributed by atoms with Crippen molar-refractivity contribution >= 4 is 43.4 Å². The number of amides is 3. The van der Waals surface area contributed by atoms with Gasteiger partial charge in [0.15, 0.2) is 6.10 Å². The molecule has 0 saturated carbocycles. The van der Waals surface area contributed by atoms with Gasteiger partial charge in [-0.1, -0.05) is 236 Å². The number of rotatable bonds is 51. The summed E-state index contributed by atoms with van der Waals surface area (Å²) in [5.41, 5.74) is 3.21. The lowest BCUT2D eigenvalue weighted by atomic mass is 10.0. The normalized spacial score (nSPS) is 12.7. The third kappa shape index (κ3) is 38.7. The quantitative estimate of drug-likeness (QED) is 0.0184. The second kappa shape index (κ2) is 49.4. The Bertz CT molecular complexity index is 2170. The van der Waals surface area contributed by atoms with E-state index in [1.807, 2.05) is 48.5 Å². The molecule has 3 amide bonds. The fraction of sp³-hybridized carbons (Fsp3) is 0.708. The van der Waals surface area contributed by atoms with Crippen molar-refractivity contribution in [3.8, 4) is 11.8 Å². The maximum atomic E-state index is 13.4. The number of carbonyl (C=O) groups excluding carboxylic acids is 5. The number of benzene rings is 2. The van der Waals surface area contributed by atoms with Gasteiger partial charge in [0.1, 0.15) is 13.2 Å². The zero-order valence-corrected chi connectivity index (χ0v) is 52.2. The minimum atomic E-state index is -4.93. The number of anilines is 1. The largest absolute Gasteiger partial charge is 0.756 e. The van der Waals surface area contributed by atoms with Crippen LogP contribution in [0, 0.1) is 11.8 Å². The predicted octanol–water partition coefficient (Wildman–Crippen LogP) is 14.4. The summed E-state index contributed by atoms with van der Waals surface area (Å²) in [6.45, 7) is 3.37. The summed E-state index contributed by atoms with van der Waals surface area (Å²) in [5.74, 6) is 4.87. The van der Waals surface area contributed by atoms with Crippen molar-refractivity contribution in [1.82, 2.24) is 16.8 Å². The maximum absolute atomic E-state index is 13.4. The molecule has 0 fully saturated rings. The zero-order valence-electron chi connectivity index (χ0n) is 51.3. The Labute approximate surface area is 499 Å². The molecule has 0 spiro atoms. The third-order valence-corrected chi connectivity index (χ3v) is 15.5. The van der Waals surface area contributed by atoms with Gasteiger partial charge in [-0.2, -0.15) is 0 Å². The summed E-state index contributed by atoms with van der Waals surface area (Å²) >= 11 is 0. The molecule has 2 aromatic rings. The highest BCUT2D eigenvalue weighted by Gasteiger charge is 2.23. The number of ether oxygens (including phenoxy) is 4. The summed E-state index contributed by atoms with van der Waals surface area (Å²) < 4.78 is 44.2. The topological polar surface area (TPSA) is 245 Å². The maximum Gasteiger partial charge on any atom is 0.407 e. The Hall–Kier alpha value is -4.82. The summed E-state index contributed by atoms with van der Waals surface area (Å²) in [4.78, 5) is 78.2. The molecule has 0 bridgehead atoms. The van der Waals surface area contributed by atoms with Crippen LogP contribution < -0.4 is 26.6 Å². The summed E-state index contributed by atoms with van der Waals surface area (Å²) in [7, 11) is -4.93. The molecule has 1 aliphatic heterocycles. The number of nitrogens with zero attached hydrogens (tertiary/aromatic N) is 1. The van der Waals surface area contributed by atoms with Crippen molar-refractivity contribution in [2.75, 3.05) is 57.6 Å². The molecule has 2 aromatic carbocycles. The van der Waals surface area contributed by atoms with E-state index in [0.717, 1.165) is 55.2 Å². The molecule has 1 heterocycles. The third-order valence-electron chi connectivity index (χ3n) is 14.5. The van der Waals surface area contributed by atoms with E-state index in [2.05, 4.69) is 36.3 Å². The van der Waals surface area contributed by atoms with Gasteiger partial charge in [0.05, 0.1) is 38.7 Å². The van der Waals surface area contributed by atoms with E-state index in [9.17, 15) is 33.4 Å². The van der Waals surface area contributed by atoms with Crippen molar-refractivity contribution in [2.24, 2.45) is 0 Å². The highest BCUT2D eigenvalue weighted by molar-refractivity contribution is 7.45. The summed E-state index contributed by atoms with van der Waals surface area (Å²) in [6.07, 6.45) is 34.5. The molecular formula is C65H107N4O13P. The van der Waals surface area contributed by atoms with Gasteiger partial charge in [-0.05, 0) is 36.6 Å². The number of esters is 2. The molecule has 6 N–H and O–H groups in total. The fourth-order valence-corrected chi connectivity index (χ4v) is 10.4. The van der Waals surface area contributed by atoms with E-state index >= 15 is 0 Å². The van der Waals surface area contributed by atoms with Crippen LogP contribution in [0.4, 0.5) is 10.5 Å². The summed E-state index contributed by atoms with van der Waals surface area (Å²) in [6, 6.07) is 15.1. The lowest BCUT2D eigenvalue weighted by Crippen LogP contribution is -2.34. The highest BCUT2D eigenvalue weighted by atomic mass is 31.2. The van der Waals surface area contributed by atoms with Crippen LogP contribution in [0.2, 0.25) is 0 Å². The number of fused-ring (bicyclic) bond motifs is 2. The Morgan fingerprint density at radius 3 is 1.58 bits per heavy atom. The number of phosphoric ester groups is 1. The van der Waals surface area contributed by atoms with Crippen LogP contribution in [-0.2, 0) is 58.3 Å². The molecule has 0 aromatic heterocycles. The Morgan fingerprint density at radius 2 is 1.01 bits per heavy atom. The van der Waals surface area contributed by atoms with Gasteiger partial charge >= 0.3 is 18.0 Å². The average Bonchev–Trinajstić information content (AvgIpc) is 3.57. The van der Waals surface area contributed by atoms with Crippen LogP contribution >= 0.6 is 7.82 Å². The van der Waals surface area contributed by atoms with Crippen molar-refractivity contribution in [3.63, 3.8) is 0 Å². The first kappa shape index (κ1) is 74.3. The lowest BCUT2D eigenvalue weighted by Gasteiger charge is -2.26. The average molecular weight is 1180 g/mol. The number of quaternary nitrogens is 1. The zero-order chi connectivity index (χ0) is 59.0. The molecule has 470 valence electrons. The molecular weight excluding hydrogens is 1080 g/mol. The molecule has 0 radical (unpaired) electrons. The number of carbonyl (C=O) groups is 5. The SMILES string of the molecule is CCCCCCCCCCCCCCCCCC(=O)OC[C@H](COP(=O)([O-])OCCNC(=O)OCCOCCNC(=O)CCC(=O)N1Cc2ccccc2C#Cc2ccccc21)OC(=O)CCCCCCCCCCCCCCCCC.[NH4+]. The highest BCUT2D eigenvalue weighted by Crippen LogP contribution is 2.38. The van der Waals surface area contributed by atoms with E-state index in [1.54, 1.807) is 4.90 Å². The van der Waals surface area contributed by atoms with E-state index in [1.165, 1.54) is 141 Å². The molecule has 2 atom stereocenters. The molecule has 0 saturated heterocycles. The molecule has 18 heteroatoms. The number of hydrogen-bond donors (Lipinski definition) is 3. The smallest absolute Gasteiger partial charge is 0.407 e. The van der Waals surface area contributed by atoms with E-state index in [-0.39, 0.29) is 83.2 Å². The number of phosphoric acid groups is 1. The van der Waals surface area contributed by atoms with Gasteiger partial charge in [0.2, 0.25) is 11.8 Å². The Morgan fingerprint density at radius 1 is 0.530 bits per heavy atom. The number of hydrogen-bond acceptors (Lipinski definition) is 13. The predicted molar refractivity (Wildman–Crippen MR) is 328 cm³/mol. The van der Waals surface area contributed by atoms with Crippen molar-refractivity contribution < 1.29 is 61.4 Å². The Balaban J connectivity index is 0.0000235. The summed E-state index contributed by atoms with van der Waals surface area (Å²) in [5, 5.41) is 5.12. The molecule has 17 nitrogen and oxygen atoms in total. The van der Waals surface area contributed by atoms with Crippen LogP contribution in [0.3, 0.4) is 0 Å². The van der Waals surface area contributed by atoms with Gasteiger partial charge in [0.25, 0.3) is 7.82 Å². The van der Waals surface area contributed by atoms with Crippen LogP contribution in [0.5, 0.6) is 0 Å². The first-order chi connectivity index (χ1) is 40.0. The van der Waals surface area contributed by atoms with E-state index < -0.39 is 45.2 Å².